The average Bonchev–Trinajstić information content (AvgIpc) is 2.94. The Hall–Kier alpha value is -2.64. The standard InChI is InChI=1S/C24H28N2O4S/c1-17-21-16-20(31(28,29)26-14-8-3-4-9-15-26)12-13-22(21)30-23(17)24(27)25-18(2)19-10-6-5-7-11-19/h5-7,10-13,16,18H,3-4,8-9,14-15H2,1-2H3,(H,25,27)/t18-/m1/s1. The molecule has 1 aliphatic rings. The lowest BCUT2D eigenvalue weighted by Gasteiger charge is -2.19. The summed E-state index contributed by atoms with van der Waals surface area (Å²) in [4.78, 5) is 13.1. The van der Waals surface area contributed by atoms with Gasteiger partial charge < -0.3 is 9.73 Å². The van der Waals surface area contributed by atoms with Gasteiger partial charge in [0.25, 0.3) is 5.91 Å². The second-order valence-corrected chi connectivity index (χ2v) is 10.1. The zero-order valence-corrected chi connectivity index (χ0v) is 18.7. The molecule has 0 radical (unpaired) electrons. The molecule has 2 heterocycles. The van der Waals surface area contributed by atoms with Crippen LogP contribution in [0.2, 0.25) is 0 Å². The highest BCUT2D eigenvalue weighted by atomic mass is 32.2. The Labute approximate surface area is 183 Å². The van der Waals surface area contributed by atoms with E-state index < -0.39 is 10.0 Å². The topological polar surface area (TPSA) is 79.6 Å². The van der Waals surface area contributed by atoms with Crippen LogP contribution in [0.25, 0.3) is 11.0 Å². The van der Waals surface area contributed by atoms with Crippen molar-refractivity contribution in [2.24, 2.45) is 0 Å². The summed E-state index contributed by atoms with van der Waals surface area (Å²) in [6, 6.07) is 14.4. The van der Waals surface area contributed by atoms with Gasteiger partial charge in [0.2, 0.25) is 10.0 Å². The molecule has 1 amide bonds. The normalized spacial score (nSPS) is 16.7. The molecule has 3 aromatic rings. The number of fused-ring (bicyclic) bond motifs is 1. The van der Waals surface area contributed by atoms with Crippen LogP contribution in [0.15, 0.2) is 57.8 Å². The van der Waals surface area contributed by atoms with E-state index in [1.807, 2.05) is 37.3 Å². The number of nitrogens with one attached hydrogen (secondary N) is 1. The van der Waals surface area contributed by atoms with Crippen LogP contribution in [0, 0.1) is 6.92 Å². The molecule has 1 atom stereocenters. The van der Waals surface area contributed by atoms with Gasteiger partial charge in [0, 0.05) is 24.0 Å². The molecule has 0 spiro atoms. The maximum Gasteiger partial charge on any atom is 0.287 e. The first-order valence-electron chi connectivity index (χ1n) is 10.8. The van der Waals surface area contributed by atoms with Gasteiger partial charge >= 0.3 is 0 Å². The van der Waals surface area contributed by atoms with E-state index in [4.69, 9.17) is 4.42 Å². The van der Waals surface area contributed by atoms with Crippen LogP contribution in [0.4, 0.5) is 0 Å². The predicted octanol–water partition coefficient (Wildman–Crippen LogP) is 4.80. The molecule has 4 rings (SSSR count). The predicted molar refractivity (Wildman–Crippen MR) is 121 cm³/mol. The molecule has 1 aromatic heterocycles. The number of furan rings is 1. The van der Waals surface area contributed by atoms with Crippen LogP contribution in [0.5, 0.6) is 0 Å². The Kier molecular flexibility index (Phi) is 6.16. The first kappa shape index (κ1) is 21.6. The minimum atomic E-state index is -3.57. The fourth-order valence-electron chi connectivity index (χ4n) is 4.10. The van der Waals surface area contributed by atoms with E-state index in [2.05, 4.69) is 5.32 Å². The summed E-state index contributed by atoms with van der Waals surface area (Å²) in [7, 11) is -3.57. The number of carbonyl (C=O) groups is 1. The van der Waals surface area contributed by atoms with E-state index in [1.54, 1.807) is 29.4 Å². The molecule has 2 aromatic carbocycles. The van der Waals surface area contributed by atoms with E-state index in [0.29, 0.717) is 29.6 Å². The SMILES string of the molecule is Cc1c(C(=O)N[C@H](C)c2ccccc2)oc2ccc(S(=O)(=O)N3CCCCCC3)cc12. The van der Waals surface area contributed by atoms with Crippen molar-refractivity contribution in [3.05, 3.63) is 65.4 Å². The largest absolute Gasteiger partial charge is 0.451 e. The van der Waals surface area contributed by atoms with Gasteiger partial charge in [-0.1, -0.05) is 43.2 Å². The number of benzene rings is 2. The quantitative estimate of drug-likeness (QED) is 0.618. The molecule has 31 heavy (non-hydrogen) atoms. The highest BCUT2D eigenvalue weighted by molar-refractivity contribution is 7.89. The van der Waals surface area contributed by atoms with Crippen molar-refractivity contribution in [2.75, 3.05) is 13.1 Å². The molecule has 1 saturated heterocycles. The van der Waals surface area contributed by atoms with Gasteiger partial charge in [-0.3, -0.25) is 4.79 Å². The van der Waals surface area contributed by atoms with Crippen molar-refractivity contribution in [2.45, 2.75) is 50.5 Å². The maximum absolute atomic E-state index is 13.2. The first-order valence-corrected chi connectivity index (χ1v) is 12.2. The minimum Gasteiger partial charge on any atom is -0.451 e. The number of amides is 1. The van der Waals surface area contributed by atoms with Gasteiger partial charge in [0.15, 0.2) is 5.76 Å². The van der Waals surface area contributed by atoms with Gasteiger partial charge in [0.05, 0.1) is 10.9 Å². The first-order chi connectivity index (χ1) is 14.9. The lowest BCUT2D eigenvalue weighted by atomic mass is 10.1. The fraction of sp³-hybridized carbons (Fsp3) is 0.375. The highest BCUT2D eigenvalue weighted by Gasteiger charge is 2.27. The van der Waals surface area contributed by atoms with E-state index in [-0.39, 0.29) is 22.6 Å². The smallest absolute Gasteiger partial charge is 0.287 e. The van der Waals surface area contributed by atoms with Crippen LogP contribution in [-0.2, 0) is 10.0 Å². The van der Waals surface area contributed by atoms with Crippen molar-refractivity contribution in [3.63, 3.8) is 0 Å². The number of nitrogens with zero attached hydrogens (tertiary/aromatic N) is 1. The third-order valence-electron chi connectivity index (χ3n) is 5.96. The van der Waals surface area contributed by atoms with Crippen LogP contribution in [-0.4, -0.2) is 31.7 Å². The van der Waals surface area contributed by atoms with Crippen molar-refractivity contribution in [1.82, 2.24) is 9.62 Å². The van der Waals surface area contributed by atoms with Crippen LogP contribution >= 0.6 is 0 Å². The Morgan fingerprint density at radius 3 is 2.39 bits per heavy atom. The molecule has 7 heteroatoms. The summed E-state index contributed by atoms with van der Waals surface area (Å²) < 4.78 is 33.7. The molecule has 1 fully saturated rings. The fourth-order valence-corrected chi connectivity index (χ4v) is 5.64. The van der Waals surface area contributed by atoms with E-state index in [9.17, 15) is 13.2 Å². The molecule has 0 aliphatic carbocycles. The summed E-state index contributed by atoms with van der Waals surface area (Å²) in [5.74, 6) is -0.107. The Morgan fingerprint density at radius 2 is 1.71 bits per heavy atom. The number of rotatable bonds is 5. The Bertz CT molecular complexity index is 1180. The van der Waals surface area contributed by atoms with Gasteiger partial charge in [-0.25, -0.2) is 8.42 Å². The summed E-state index contributed by atoms with van der Waals surface area (Å²) in [5, 5.41) is 3.61. The lowest BCUT2D eigenvalue weighted by molar-refractivity contribution is 0.0913. The van der Waals surface area contributed by atoms with E-state index >= 15 is 0 Å². The van der Waals surface area contributed by atoms with Crippen LogP contribution < -0.4 is 5.32 Å². The molecule has 1 N–H and O–H groups in total. The average molecular weight is 441 g/mol. The highest BCUT2D eigenvalue weighted by Crippen LogP contribution is 2.30. The van der Waals surface area contributed by atoms with E-state index in [0.717, 1.165) is 31.2 Å². The third-order valence-corrected chi connectivity index (χ3v) is 7.86. The molecule has 0 saturated carbocycles. The Morgan fingerprint density at radius 1 is 1.03 bits per heavy atom. The summed E-state index contributed by atoms with van der Waals surface area (Å²) in [6.45, 7) is 4.80. The van der Waals surface area contributed by atoms with Gasteiger partial charge in [-0.2, -0.15) is 4.31 Å². The van der Waals surface area contributed by atoms with Crippen molar-refractivity contribution >= 4 is 26.9 Å². The molecule has 164 valence electrons. The minimum absolute atomic E-state index is 0.180. The van der Waals surface area contributed by atoms with Crippen LogP contribution in [0.3, 0.4) is 0 Å². The number of sulfonamides is 1. The van der Waals surface area contributed by atoms with Gasteiger partial charge in [0.1, 0.15) is 5.58 Å². The van der Waals surface area contributed by atoms with Crippen molar-refractivity contribution in [3.8, 4) is 0 Å². The monoisotopic (exact) mass is 440 g/mol. The lowest BCUT2D eigenvalue weighted by Crippen LogP contribution is -2.31. The van der Waals surface area contributed by atoms with Gasteiger partial charge in [-0.05, 0) is 50.5 Å². The van der Waals surface area contributed by atoms with Crippen molar-refractivity contribution in [1.29, 1.82) is 0 Å². The van der Waals surface area contributed by atoms with Gasteiger partial charge in [-0.15, -0.1) is 0 Å². The number of carbonyl (C=O) groups excluding carboxylic acids is 1. The number of hydrogen-bond donors (Lipinski definition) is 1. The zero-order valence-electron chi connectivity index (χ0n) is 17.9. The summed E-state index contributed by atoms with van der Waals surface area (Å²) in [5.41, 5.74) is 2.14. The summed E-state index contributed by atoms with van der Waals surface area (Å²) in [6.07, 6.45) is 3.89. The molecular weight excluding hydrogens is 412 g/mol. The third kappa shape index (κ3) is 4.38. The Balaban J connectivity index is 1.61. The van der Waals surface area contributed by atoms with Crippen molar-refractivity contribution < 1.29 is 17.6 Å². The molecular formula is C24H28N2O4S. The zero-order chi connectivity index (χ0) is 22.0. The number of hydrogen-bond acceptors (Lipinski definition) is 4. The molecule has 0 bridgehead atoms. The molecule has 1 aliphatic heterocycles. The molecule has 6 nitrogen and oxygen atoms in total. The second-order valence-electron chi connectivity index (χ2n) is 8.14. The van der Waals surface area contributed by atoms with Crippen LogP contribution in [0.1, 0.15) is 60.3 Å². The van der Waals surface area contributed by atoms with E-state index in [1.165, 1.54) is 0 Å². The summed E-state index contributed by atoms with van der Waals surface area (Å²) >= 11 is 0. The molecule has 0 unspecified atom stereocenters. The number of aryl methyl sites for hydroxylation is 1. The maximum atomic E-state index is 13.2. The second kappa shape index (κ2) is 8.85.